The molecule has 186 valence electrons. The SMILES string of the molecule is CCOC(=O)C1CC(S(=O)(=O)c2ccccc2C(F)(F)F)CN1c1cccc(OC(F)(F)F)c1. The summed E-state index contributed by atoms with van der Waals surface area (Å²) in [6, 6.07) is 6.93. The van der Waals surface area contributed by atoms with Crippen LogP contribution in [-0.2, 0) is 25.5 Å². The van der Waals surface area contributed by atoms with Crippen LogP contribution in [0, 0.1) is 0 Å². The molecule has 2 aromatic rings. The highest BCUT2D eigenvalue weighted by molar-refractivity contribution is 7.92. The van der Waals surface area contributed by atoms with Gasteiger partial charge < -0.3 is 14.4 Å². The first-order chi connectivity index (χ1) is 15.7. The summed E-state index contributed by atoms with van der Waals surface area (Å²) in [6.07, 6.45) is -10.3. The van der Waals surface area contributed by atoms with E-state index in [0.717, 1.165) is 30.3 Å². The van der Waals surface area contributed by atoms with E-state index in [0.29, 0.717) is 6.07 Å². The van der Waals surface area contributed by atoms with Gasteiger partial charge in [0, 0.05) is 18.3 Å². The molecule has 34 heavy (non-hydrogen) atoms. The Morgan fingerprint density at radius 3 is 2.35 bits per heavy atom. The summed E-state index contributed by atoms with van der Waals surface area (Å²) >= 11 is 0. The lowest BCUT2D eigenvalue weighted by Gasteiger charge is -2.25. The smallest absolute Gasteiger partial charge is 0.464 e. The monoisotopic (exact) mass is 511 g/mol. The molecule has 1 aliphatic heterocycles. The predicted molar refractivity (Wildman–Crippen MR) is 108 cm³/mol. The molecule has 1 saturated heterocycles. The number of esters is 1. The molecular weight excluding hydrogens is 492 g/mol. The van der Waals surface area contributed by atoms with Gasteiger partial charge in [-0.1, -0.05) is 18.2 Å². The highest BCUT2D eigenvalue weighted by Crippen LogP contribution is 2.39. The molecule has 2 aromatic carbocycles. The molecule has 3 rings (SSSR count). The number of alkyl halides is 6. The predicted octanol–water partition coefficient (Wildman–Crippen LogP) is 4.59. The number of benzene rings is 2. The zero-order valence-electron chi connectivity index (χ0n) is 17.6. The summed E-state index contributed by atoms with van der Waals surface area (Å²) in [7, 11) is -4.59. The Morgan fingerprint density at radius 2 is 1.74 bits per heavy atom. The third kappa shape index (κ3) is 5.57. The number of carbonyl (C=O) groups is 1. The van der Waals surface area contributed by atoms with Crippen LogP contribution in [0.15, 0.2) is 53.4 Å². The summed E-state index contributed by atoms with van der Waals surface area (Å²) in [4.78, 5) is 12.8. The van der Waals surface area contributed by atoms with Gasteiger partial charge in [-0.05, 0) is 37.6 Å². The second-order valence-corrected chi connectivity index (χ2v) is 9.56. The molecule has 0 radical (unpaired) electrons. The Kier molecular flexibility index (Phi) is 7.06. The van der Waals surface area contributed by atoms with Gasteiger partial charge in [-0.25, -0.2) is 13.2 Å². The Balaban J connectivity index is 2.01. The zero-order chi connectivity index (χ0) is 25.3. The lowest BCUT2D eigenvalue weighted by atomic mass is 10.2. The van der Waals surface area contributed by atoms with Crippen LogP contribution in [0.25, 0.3) is 0 Å². The summed E-state index contributed by atoms with van der Waals surface area (Å²) in [6.45, 7) is 0.991. The second kappa shape index (κ2) is 9.35. The third-order valence-electron chi connectivity index (χ3n) is 5.14. The second-order valence-electron chi connectivity index (χ2n) is 7.36. The van der Waals surface area contributed by atoms with Crippen LogP contribution in [-0.4, -0.2) is 45.2 Å². The fourth-order valence-corrected chi connectivity index (χ4v) is 5.67. The normalized spacial score (nSPS) is 19.2. The van der Waals surface area contributed by atoms with Crippen LogP contribution in [0.5, 0.6) is 5.75 Å². The number of anilines is 1. The van der Waals surface area contributed by atoms with Gasteiger partial charge in [-0.15, -0.1) is 13.2 Å². The van der Waals surface area contributed by atoms with Crippen molar-refractivity contribution >= 4 is 21.5 Å². The molecule has 2 unspecified atom stereocenters. The number of nitrogens with zero attached hydrogens (tertiary/aromatic N) is 1. The van der Waals surface area contributed by atoms with Crippen molar-refractivity contribution in [2.24, 2.45) is 0 Å². The van der Waals surface area contributed by atoms with Crippen molar-refractivity contribution in [3.8, 4) is 5.75 Å². The van der Waals surface area contributed by atoms with Gasteiger partial charge in [0.25, 0.3) is 0 Å². The first kappa shape index (κ1) is 25.7. The quantitative estimate of drug-likeness (QED) is 0.418. The van der Waals surface area contributed by atoms with Crippen molar-refractivity contribution in [2.75, 3.05) is 18.1 Å². The molecule has 1 aliphatic rings. The minimum Gasteiger partial charge on any atom is -0.464 e. The maximum absolute atomic E-state index is 13.4. The van der Waals surface area contributed by atoms with Crippen molar-refractivity contribution in [3.05, 3.63) is 54.1 Å². The standard InChI is InChI=1S/C21H19F6NO5S/c1-2-32-19(29)17-11-15(34(30,31)18-9-4-3-8-16(18)20(22,23)24)12-28(17)13-6-5-7-14(10-13)33-21(25,26)27/h3-10,15,17H,2,11-12H2,1H3. The highest BCUT2D eigenvalue weighted by atomic mass is 32.2. The van der Waals surface area contributed by atoms with Gasteiger partial charge in [0.1, 0.15) is 11.8 Å². The lowest BCUT2D eigenvalue weighted by Crippen LogP contribution is -2.37. The van der Waals surface area contributed by atoms with E-state index in [1.165, 1.54) is 24.0 Å². The maximum atomic E-state index is 13.4. The minimum absolute atomic E-state index is 0.0154. The van der Waals surface area contributed by atoms with Gasteiger partial charge in [0.05, 0.1) is 22.3 Å². The Morgan fingerprint density at radius 1 is 1.06 bits per heavy atom. The van der Waals surface area contributed by atoms with Gasteiger partial charge >= 0.3 is 18.5 Å². The molecule has 0 aliphatic carbocycles. The van der Waals surface area contributed by atoms with Crippen LogP contribution >= 0.6 is 0 Å². The van der Waals surface area contributed by atoms with E-state index >= 15 is 0 Å². The molecule has 0 aromatic heterocycles. The number of rotatable bonds is 6. The summed E-state index contributed by atoms with van der Waals surface area (Å²) in [5.41, 5.74) is -1.33. The first-order valence-electron chi connectivity index (χ1n) is 9.93. The number of ether oxygens (including phenoxy) is 2. The largest absolute Gasteiger partial charge is 0.573 e. The van der Waals surface area contributed by atoms with Gasteiger partial charge in [-0.2, -0.15) is 13.2 Å². The molecule has 1 heterocycles. The number of hydrogen-bond donors (Lipinski definition) is 0. The van der Waals surface area contributed by atoms with Gasteiger partial charge in [0.15, 0.2) is 9.84 Å². The van der Waals surface area contributed by atoms with Gasteiger partial charge in [-0.3, -0.25) is 0 Å². The van der Waals surface area contributed by atoms with Crippen molar-refractivity contribution in [3.63, 3.8) is 0 Å². The number of carbonyl (C=O) groups excluding carboxylic acids is 1. The maximum Gasteiger partial charge on any atom is 0.573 e. The van der Waals surface area contributed by atoms with E-state index < -0.39 is 68.8 Å². The summed E-state index contributed by atoms with van der Waals surface area (Å²) in [5.74, 6) is -1.47. The molecule has 2 atom stereocenters. The van der Waals surface area contributed by atoms with E-state index in [4.69, 9.17) is 4.74 Å². The zero-order valence-corrected chi connectivity index (χ0v) is 18.4. The fraction of sp³-hybridized carbons (Fsp3) is 0.381. The first-order valence-corrected chi connectivity index (χ1v) is 11.5. The molecule has 0 amide bonds. The molecule has 6 nitrogen and oxygen atoms in total. The number of hydrogen-bond acceptors (Lipinski definition) is 6. The minimum atomic E-state index is -4.99. The molecular formula is C21H19F6NO5S. The number of sulfone groups is 1. The van der Waals surface area contributed by atoms with Crippen LogP contribution in [0.1, 0.15) is 18.9 Å². The van der Waals surface area contributed by atoms with Crippen LogP contribution in [0.4, 0.5) is 32.0 Å². The Bertz CT molecular complexity index is 1150. The highest BCUT2D eigenvalue weighted by Gasteiger charge is 2.47. The van der Waals surface area contributed by atoms with Gasteiger partial charge in [0.2, 0.25) is 0 Å². The molecule has 0 saturated carbocycles. The van der Waals surface area contributed by atoms with E-state index in [9.17, 15) is 39.6 Å². The molecule has 13 heteroatoms. The average molecular weight is 511 g/mol. The van der Waals surface area contributed by atoms with E-state index in [1.54, 1.807) is 0 Å². The molecule has 0 bridgehead atoms. The van der Waals surface area contributed by atoms with E-state index in [-0.39, 0.29) is 12.3 Å². The van der Waals surface area contributed by atoms with E-state index in [2.05, 4.69) is 4.74 Å². The topological polar surface area (TPSA) is 72.9 Å². The van der Waals surface area contributed by atoms with Crippen LogP contribution in [0.2, 0.25) is 0 Å². The van der Waals surface area contributed by atoms with Crippen LogP contribution in [0.3, 0.4) is 0 Å². The van der Waals surface area contributed by atoms with Crippen molar-refractivity contribution in [1.82, 2.24) is 0 Å². The molecule has 0 N–H and O–H groups in total. The summed E-state index contributed by atoms with van der Waals surface area (Å²) in [5, 5.41) is -1.46. The molecule has 1 fully saturated rings. The van der Waals surface area contributed by atoms with Crippen molar-refractivity contribution < 1.29 is 49.0 Å². The Labute approximate surface area is 191 Å². The Hall–Kier alpha value is -2.96. The number of halogens is 6. The van der Waals surface area contributed by atoms with Crippen molar-refractivity contribution in [1.29, 1.82) is 0 Å². The summed E-state index contributed by atoms with van der Waals surface area (Å²) < 4.78 is 113. The lowest BCUT2D eigenvalue weighted by molar-refractivity contribution is -0.274. The third-order valence-corrected chi connectivity index (χ3v) is 7.33. The van der Waals surface area contributed by atoms with Crippen molar-refractivity contribution in [2.45, 2.75) is 42.1 Å². The van der Waals surface area contributed by atoms with E-state index in [1.807, 2.05) is 0 Å². The average Bonchev–Trinajstić information content (AvgIpc) is 3.19. The fourth-order valence-electron chi connectivity index (χ4n) is 3.76. The molecule has 0 spiro atoms. The van der Waals surface area contributed by atoms with Crippen LogP contribution < -0.4 is 9.64 Å².